The van der Waals surface area contributed by atoms with E-state index in [2.05, 4.69) is 4.98 Å². The van der Waals surface area contributed by atoms with Crippen molar-refractivity contribution >= 4 is 17.8 Å². The van der Waals surface area contributed by atoms with E-state index in [0.717, 1.165) is 0 Å². The first-order valence-electron chi connectivity index (χ1n) is 9.29. The lowest BCUT2D eigenvalue weighted by atomic mass is 10.1. The van der Waals surface area contributed by atoms with Gasteiger partial charge in [-0.15, -0.1) is 0 Å². The maximum atomic E-state index is 13.8. The number of hydrogen-bond acceptors (Lipinski definition) is 6. The van der Waals surface area contributed by atoms with Crippen LogP contribution in [-0.4, -0.2) is 55.1 Å². The third-order valence-corrected chi connectivity index (χ3v) is 4.51. The van der Waals surface area contributed by atoms with Gasteiger partial charge in [0.1, 0.15) is 5.69 Å². The van der Waals surface area contributed by atoms with E-state index in [1.807, 2.05) is 0 Å². The van der Waals surface area contributed by atoms with Gasteiger partial charge in [0.15, 0.2) is 18.2 Å². The molecule has 0 aliphatic rings. The molecule has 2 aromatic rings. The maximum Gasteiger partial charge on any atom is 0.355 e. The Hall–Kier alpha value is -3.36. The molecule has 0 spiro atoms. The first-order valence-corrected chi connectivity index (χ1v) is 9.29. The topological polar surface area (TPSA) is 97.9 Å². The van der Waals surface area contributed by atoms with Crippen LogP contribution in [-0.2, 0) is 20.8 Å². The molecule has 1 aromatic heterocycles. The molecule has 0 aliphatic heterocycles. The molecule has 8 nitrogen and oxygen atoms in total. The van der Waals surface area contributed by atoms with Crippen LogP contribution in [0.4, 0.5) is 4.39 Å². The van der Waals surface area contributed by atoms with Gasteiger partial charge in [-0.05, 0) is 44.0 Å². The van der Waals surface area contributed by atoms with E-state index in [4.69, 9.17) is 14.2 Å². The summed E-state index contributed by atoms with van der Waals surface area (Å²) < 4.78 is 28.7. The number of halogens is 1. The van der Waals surface area contributed by atoms with Crippen LogP contribution in [0.3, 0.4) is 0 Å². The minimum absolute atomic E-state index is 0.0863. The molecule has 0 bridgehead atoms. The van der Waals surface area contributed by atoms with Crippen LogP contribution in [0.15, 0.2) is 18.2 Å². The number of nitrogens with one attached hydrogen (secondary N) is 1. The van der Waals surface area contributed by atoms with Crippen LogP contribution in [0.5, 0.6) is 5.75 Å². The van der Waals surface area contributed by atoms with Gasteiger partial charge in [-0.3, -0.25) is 4.79 Å². The number of methoxy groups -OCH3 is 1. The van der Waals surface area contributed by atoms with E-state index < -0.39 is 30.3 Å². The molecule has 1 heterocycles. The first kappa shape index (κ1) is 22.9. The number of H-pyrrole nitrogens is 1. The number of rotatable bonds is 8. The van der Waals surface area contributed by atoms with Gasteiger partial charge >= 0.3 is 11.9 Å². The summed E-state index contributed by atoms with van der Waals surface area (Å²) in [5, 5.41) is 0. The van der Waals surface area contributed by atoms with Gasteiger partial charge in [-0.2, -0.15) is 0 Å². The lowest BCUT2D eigenvalue weighted by Crippen LogP contribution is -2.31. The normalized spacial score (nSPS) is 10.5. The van der Waals surface area contributed by atoms with E-state index in [1.54, 1.807) is 26.8 Å². The van der Waals surface area contributed by atoms with Gasteiger partial charge in [0.25, 0.3) is 5.91 Å². The summed E-state index contributed by atoms with van der Waals surface area (Å²) in [6.45, 7) is 4.76. The predicted octanol–water partition coefficient (Wildman–Crippen LogP) is 2.77. The van der Waals surface area contributed by atoms with Crippen LogP contribution in [0.25, 0.3) is 0 Å². The number of esters is 2. The summed E-state index contributed by atoms with van der Waals surface area (Å²) in [5.41, 5.74) is 1.79. The van der Waals surface area contributed by atoms with Crippen molar-refractivity contribution in [2.75, 3.05) is 27.4 Å². The summed E-state index contributed by atoms with van der Waals surface area (Å²) >= 11 is 0. The molecule has 0 radical (unpaired) electrons. The van der Waals surface area contributed by atoms with E-state index in [-0.39, 0.29) is 30.2 Å². The van der Waals surface area contributed by atoms with Crippen molar-refractivity contribution in [3.05, 3.63) is 52.1 Å². The number of aryl methyl sites for hydroxylation is 1. The van der Waals surface area contributed by atoms with Crippen molar-refractivity contribution in [3.63, 3.8) is 0 Å². The number of hydrogen-bond donors (Lipinski definition) is 1. The SMILES string of the molecule is CCOC(=O)c1c(C)[nH]c(C(=O)OCC(=O)N(C)Cc2ccc(OC)c(F)c2)c1C. The Morgan fingerprint density at radius 3 is 2.43 bits per heavy atom. The highest BCUT2D eigenvalue weighted by molar-refractivity contribution is 5.99. The number of aromatic nitrogens is 1. The summed E-state index contributed by atoms with van der Waals surface area (Å²) in [5.74, 6) is -2.18. The molecule has 1 aromatic carbocycles. The summed E-state index contributed by atoms with van der Waals surface area (Å²) in [6.07, 6.45) is 0. The van der Waals surface area contributed by atoms with Crippen LogP contribution in [0, 0.1) is 19.7 Å². The van der Waals surface area contributed by atoms with Crippen molar-refractivity contribution in [1.82, 2.24) is 9.88 Å². The second kappa shape index (κ2) is 9.91. The Labute approximate surface area is 173 Å². The maximum absolute atomic E-state index is 13.8. The van der Waals surface area contributed by atoms with E-state index in [9.17, 15) is 18.8 Å². The van der Waals surface area contributed by atoms with Crippen LogP contribution in [0.1, 0.15) is 44.6 Å². The van der Waals surface area contributed by atoms with Crippen molar-refractivity contribution in [3.8, 4) is 5.75 Å². The molecular weight excluding hydrogens is 395 g/mol. The van der Waals surface area contributed by atoms with Crippen molar-refractivity contribution in [2.45, 2.75) is 27.3 Å². The zero-order valence-corrected chi connectivity index (χ0v) is 17.6. The zero-order chi connectivity index (χ0) is 22.4. The van der Waals surface area contributed by atoms with Gasteiger partial charge < -0.3 is 24.1 Å². The van der Waals surface area contributed by atoms with Crippen molar-refractivity contribution in [1.29, 1.82) is 0 Å². The largest absolute Gasteiger partial charge is 0.494 e. The Bertz CT molecular complexity index is 953. The number of nitrogens with zero attached hydrogens (tertiary/aromatic N) is 1. The molecule has 1 amide bonds. The Morgan fingerprint density at radius 2 is 1.83 bits per heavy atom. The fourth-order valence-electron chi connectivity index (χ4n) is 2.94. The van der Waals surface area contributed by atoms with E-state index >= 15 is 0 Å². The monoisotopic (exact) mass is 420 g/mol. The lowest BCUT2D eigenvalue weighted by Gasteiger charge is -2.17. The minimum Gasteiger partial charge on any atom is -0.494 e. The third kappa shape index (κ3) is 5.16. The molecular formula is C21H25FN2O6. The van der Waals surface area contributed by atoms with E-state index in [0.29, 0.717) is 16.8 Å². The molecule has 0 saturated heterocycles. The fourth-order valence-corrected chi connectivity index (χ4v) is 2.94. The highest BCUT2D eigenvalue weighted by atomic mass is 19.1. The van der Waals surface area contributed by atoms with Crippen LogP contribution in [0.2, 0.25) is 0 Å². The number of aromatic amines is 1. The first-order chi connectivity index (χ1) is 14.2. The predicted molar refractivity (Wildman–Crippen MR) is 106 cm³/mol. The number of amides is 1. The Morgan fingerprint density at radius 1 is 1.13 bits per heavy atom. The third-order valence-electron chi connectivity index (χ3n) is 4.51. The fraction of sp³-hybridized carbons (Fsp3) is 0.381. The highest BCUT2D eigenvalue weighted by Gasteiger charge is 2.24. The average Bonchev–Trinajstić information content (AvgIpc) is 3.00. The second-order valence-electron chi connectivity index (χ2n) is 6.64. The smallest absolute Gasteiger partial charge is 0.355 e. The highest BCUT2D eigenvalue weighted by Crippen LogP contribution is 2.20. The van der Waals surface area contributed by atoms with Crippen LogP contribution < -0.4 is 4.74 Å². The molecule has 0 atom stereocenters. The quantitative estimate of drug-likeness (QED) is 0.660. The number of likely N-dealkylation sites (N-methyl/N-ethyl adjacent to an activating group) is 1. The van der Waals surface area contributed by atoms with Gasteiger partial charge in [0.05, 0.1) is 19.3 Å². The van der Waals surface area contributed by atoms with Gasteiger partial charge in [-0.25, -0.2) is 14.0 Å². The number of carbonyl (C=O) groups is 3. The summed E-state index contributed by atoms with van der Waals surface area (Å²) in [4.78, 5) is 40.8. The molecule has 0 saturated carbocycles. The second-order valence-corrected chi connectivity index (χ2v) is 6.64. The number of ether oxygens (including phenoxy) is 3. The molecule has 0 fully saturated rings. The average molecular weight is 420 g/mol. The Kier molecular flexibility index (Phi) is 7.57. The summed E-state index contributed by atoms with van der Waals surface area (Å²) in [7, 11) is 2.88. The standard InChI is InChI=1S/C21H25FN2O6/c1-6-29-20(26)18-12(2)19(23-13(18)3)21(27)30-11-17(25)24(4)10-14-7-8-16(28-5)15(22)9-14/h7-9,23H,6,10-11H2,1-5H3. The molecule has 9 heteroatoms. The number of carbonyl (C=O) groups excluding carboxylic acids is 3. The van der Waals surface area contributed by atoms with Gasteiger partial charge in [-0.1, -0.05) is 6.07 Å². The van der Waals surface area contributed by atoms with E-state index in [1.165, 1.54) is 31.2 Å². The zero-order valence-electron chi connectivity index (χ0n) is 17.6. The van der Waals surface area contributed by atoms with Crippen LogP contribution >= 0.6 is 0 Å². The summed E-state index contributed by atoms with van der Waals surface area (Å²) in [6, 6.07) is 4.39. The Balaban J connectivity index is 1.99. The molecule has 30 heavy (non-hydrogen) atoms. The molecule has 162 valence electrons. The molecule has 1 N–H and O–H groups in total. The van der Waals surface area contributed by atoms with Gasteiger partial charge in [0.2, 0.25) is 0 Å². The molecule has 2 rings (SSSR count). The van der Waals surface area contributed by atoms with Gasteiger partial charge in [0, 0.05) is 19.3 Å². The van der Waals surface area contributed by atoms with Crippen molar-refractivity contribution in [2.24, 2.45) is 0 Å². The lowest BCUT2D eigenvalue weighted by molar-refractivity contribution is -0.133. The number of benzene rings is 1. The molecule has 0 aliphatic carbocycles. The van der Waals surface area contributed by atoms with Crippen molar-refractivity contribution < 1.29 is 33.0 Å². The minimum atomic E-state index is -0.761. The molecule has 0 unspecified atom stereocenters.